The monoisotopic (exact) mass is 961 g/mol. The molecule has 1 aromatic rings. The van der Waals surface area contributed by atoms with Crippen molar-refractivity contribution in [2.45, 2.75) is 157 Å². The molecule has 12 N–H and O–H groups in total. The number of benzene rings is 1. The van der Waals surface area contributed by atoms with Gasteiger partial charge in [0.2, 0.25) is 47.3 Å². The van der Waals surface area contributed by atoms with E-state index in [1.807, 2.05) is 18.2 Å². The fourth-order valence-corrected chi connectivity index (χ4v) is 11.7. The Morgan fingerprint density at radius 1 is 0.879 bits per heavy atom. The van der Waals surface area contributed by atoms with Crippen molar-refractivity contribution in [2.24, 2.45) is 17.4 Å². The zero-order valence-electron chi connectivity index (χ0n) is 37.9. The molecule has 20 nitrogen and oxygen atoms in total. The highest BCUT2D eigenvalue weighted by atomic mass is 33.1. The summed E-state index contributed by atoms with van der Waals surface area (Å²) in [5.41, 5.74) is 11.9. The van der Waals surface area contributed by atoms with Crippen LogP contribution in [0.2, 0.25) is 0 Å². The number of carbonyl (C=O) groups excluding carboxylic acids is 8. The van der Waals surface area contributed by atoms with E-state index in [-0.39, 0.29) is 44.5 Å². The number of nitrogens with zero attached hydrogens (tertiary/aromatic N) is 1. The van der Waals surface area contributed by atoms with E-state index in [4.69, 9.17) is 11.5 Å². The molecule has 0 bridgehead atoms. The molecule has 3 fully saturated rings. The van der Waals surface area contributed by atoms with Gasteiger partial charge in [0.05, 0.1) is 12.5 Å². The van der Waals surface area contributed by atoms with Gasteiger partial charge in [-0.2, -0.15) is 0 Å². The summed E-state index contributed by atoms with van der Waals surface area (Å²) in [6.45, 7) is 5.03. The molecule has 366 valence electrons. The molecule has 0 aromatic heterocycles. The molecule has 0 radical (unpaired) electrons. The third-order valence-corrected chi connectivity index (χ3v) is 15.6. The Morgan fingerprint density at radius 2 is 1.53 bits per heavy atom. The predicted octanol–water partition coefficient (Wildman–Crippen LogP) is -0.257. The Hall–Kier alpha value is -4.93. The number of aliphatic carboxylic acids is 1. The van der Waals surface area contributed by atoms with Gasteiger partial charge in [0.25, 0.3) is 0 Å². The van der Waals surface area contributed by atoms with Gasteiger partial charge in [-0.15, -0.1) is 0 Å². The molecule has 3 aliphatic rings. The maximum absolute atomic E-state index is 14.6. The van der Waals surface area contributed by atoms with Gasteiger partial charge in [-0.25, -0.2) is 4.79 Å². The summed E-state index contributed by atoms with van der Waals surface area (Å²) in [7, 11) is 2.59. The average molecular weight is 962 g/mol. The Bertz CT molecular complexity index is 1890. The van der Waals surface area contributed by atoms with Gasteiger partial charge in [-0.1, -0.05) is 91.5 Å². The molecule has 0 unspecified atom stereocenters. The van der Waals surface area contributed by atoms with Crippen LogP contribution in [0.5, 0.6) is 0 Å². The van der Waals surface area contributed by atoms with E-state index < -0.39 is 119 Å². The summed E-state index contributed by atoms with van der Waals surface area (Å²) >= 11 is 0. The molecule has 1 saturated carbocycles. The van der Waals surface area contributed by atoms with Crippen molar-refractivity contribution in [3.05, 3.63) is 35.9 Å². The second-order valence-electron chi connectivity index (χ2n) is 17.5. The number of hydrogen-bond donors (Lipinski definition) is 10. The second kappa shape index (κ2) is 25.8. The molecule has 8 amide bonds. The summed E-state index contributed by atoms with van der Waals surface area (Å²) in [6, 6.07) is -0.473. The van der Waals surface area contributed by atoms with E-state index in [9.17, 15) is 53.4 Å². The lowest BCUT2D eigenvalue weighted by Gasteiger charge is -2.37. The first kappa shape index (κ1) is 53.7. The molecule has 22 heteroatoms. The van der Waals surface area contributed by atoms with E-state index in [0.717, 1.165) is 24.8 Å². The number of rotatable bonds is 14. The van der Waals surface area contributed by atoms with E-state index in [2.05, 4.69) is 31.9 Å². The molecule has 4 rings (SSSR count). The van der Waals surface area contributed by atoms with Gasteiger partial charge in [-0.3, -0.25) is 38.4 Å². The van der Waals surface area contributed by atoms with Gasteiger partial charge in [-0.05, 0) is 63.5 Å². The first-order valence-electron chi connectivity index (χ1n) is 22.7. The molecular weight excluding hydrogens is 895 g/mol. The van der Waals surface area contributed by atoms with Crippen molar-refractivity contribution in [3.63, 3.8) is 0 Å². The molecular formula is C44H67N9O11S2. The van der Waals surface area contributed by atoms with Crippen LogP contribution in [0.15, 0.2) is 30.3 Å². The number of nitrogens with two attached hydrogens (primary N) is 2. The third-order valence-electron chi connectivity index (χ3n) is 12.3. The van der Waals surface area contributed by atoms with E-state index >= 15 is 0 Å². The lowest BCUT2D eigenvalue weighted by molar-refractivity contribution is -0.145. The number of carbonyl (C=O) groups is 9. The number of carboxylic acid groups (broad SMARTS) is 1. The van der Waals surface area contributed by atoms with Gasteiger partial charge >= 0.3 is 5.97 Å². The summed E-state index contributed by atoms with van der Waals surface area (Å²) in [6.07, 6.45) is 2.93. The Labute approximate surface area is 393 Å². The van der Waals surface area contributed by atoms with Gasteiger partial charge in [0, 0.05) is 29.9 Å². The lowest BCUT2D eigenvalue weighted by atomic mass is 9.85. The minimum atomic E-state index is -1.71. The van der Waals surface area contributed by atoms with Crippen LogP contribution in [0, 0.1) is 5.92 Å². The zero-order chi connectivity index (χ0) is 48.6. The lowest BCUT2D eigenvalue weighted by Crippen LogP contribution is -2.63. The number of amides is 8. The molecule has 1 spiro atoms. The molecule has 2 saturated heterocycles. The highest BCUT2D eigenvalue weighted by Crippen LogP contribution is 2.48. The number of primary amides is 1. The van der Waals surface area contributed by atoms with Crippen LogP contribution < -0.4 is 43.4 Å². The number of hydrogen-bond acceptors (Lipinski definition) is 13. The fraction of sp³-hybridized carbons (Fsp3) is 0.659. The molecule has 2 aliphatic heterocycles. The number of aliphatic hydroxyl groups excluding tert-OH is 1. The fourth-order valence-electron chi connectivity index (χ4n) is 8.38. The van der Waals surface area contributed by atoms with Crippen LogP contribution in [0.3, 0.4) is 0 Å². The minimum Gasteiger partial charge on any atom is -0.480 e. The average Bonchev–Trinajstić information content (AvgIpc) is 3.77. The van der Waals surface area contributed by atoms with E-state index in [1.54, 1.807) is 26.0 Å². The Morgan fingerprint density at radius 3 is 2.15 bits per heavy atom. The van der Waals surface area contributed by atoms with Crippen molar-refractivity contribution in [3.8, 4) is 0 Å². The van der Waals surface area contributed by atoms with Crippen molar-refractivity contribution in [1.29, 1.82) is 0 Å². The smallest absolute Gasteiger partial charge is 0.326 e. The standard InChI is InChI=1S/C44H67N9O11S2/c1-4-25(2)35-40(60)52-36(26(3)54)41(61)49-30(22-33(46)55)37(57)50-31(42(62)53-20-12-16-32(53)39(59)48-28(43(63)64)15-11-19-45)24-65-66-44(17-9-6-10-18-44)23-34(56)47-29(38(58)51-35)21-27-13-7-5-8-14-27/h5,7-8,13-14,25-26,28-32,35-36,54H,4,6,9-12,15-24,45H2,1-3H3,(H2,46,55)(H,47,56)(H,48,59)(H,49,61)(H,50,57)(H,51,58)(H,52,60)(H,63,64)/t25-,26+,28-,29+,30-,31-,32-,35-,36-/m0/s1. The molecule has 1 aromatic carbocycles. The number of aliphatic hydroxyl groups is 1. The quantitative estimate of drug-likeness (QED) is 0.108. The number of likely N-dealkylation sites (tertiary alicyclic amines) is 1. The van der Waals surface area contributed by atoms with Crippen molar-refractivity contribution < 1.29 is 53.4 Å². The van der Waals surface area contributed by atoms with Crippen molar-refractivity contribution in [1.82, 2.24) is 36.8 Å². The summed E-state index contributed by atoms with van der Waals surface area (Å²) in [5.74, 6) is -8.27. The summed E-state index contributed by atoms with van der Waals surface area (Å²) < 4.78 is -0.664. The summed E-state index contributed by atoms with van der Waals surface area (Å²) in [5, 5.41) is 36.3. The molecule has 66 heavy (non-hydrogen) atoms. The topological polar surface area (TPSA) is 322 Å². The predicted molar refractivity (Wildman–Crippen MR) is 248 cm³/mol. The Balaban J connectivity index is 1.75. The minimum absolute atomic E-state index is 0.00442. The van der Waals surface area contributed by atoms with Gasteiger partial charge in [0.15, 0.2) is 0 Å². The highest BCUT2D eigenvalue weighted by molar-refractivity contribution is 8.77. The van der Waals surface area contributed by atoms with Crippen LogP contribution in [0.25, 0.3) is 0 Å². The highest BCUT2D eigenvalue weighted by Gasteiger charge is 2.42. The van der Waals surface area contributed by atoms with Crippen molar-refractivity contribution in [2.75, 3.05) is 18.8 Å². The Kier molecular flexibility index (Phi) is 21.0. The van der Waals surface area contributed by atoms with Crippen LogP contribution >= 0.6 is 21.6 Å². The maximum Gasteiger partial charge on any atom is 0.326 e. The molecule has 2 heterocycles. The van der Waals surface area contributed by atoms with E-state index in [1.165, 1.54) is 33.4 Å². The second-order valence-corrected chi connectivity index (χ2v) is 20.3. The zero-order valence-corrected chi connectivity index (χ0v) is 39.5. The van der Waals surface area contributed by atoms with Crippen LogP contribution in [0.4, 0.5) is 0 Å². The maximum atomic E-state index is 14.6. The third kappa shape index (κ3) is 15.6. The van der Waals surface area contributed by atoms with Gasteiger partial charge < -0.3 is 58.5 Å². The van der Waals surface area contributed by atoms with Crippen LogP contribution in [-0.2, 0) is 49.6 Å². The first-order chi connectivity index (χ1) is 31.4. The number of nitrogens with one attached hydrogen (secondary N) is 6. The summed E-state index contributed by atoms with van der Waals surface area (Å²) in [4.78, 5) is 124. The number of carboxylic acids is 1. The molecule has 1 aliphatic carbocycles. The van der Waals surface area contributed by atoms with Gasteiger partial charge in [0.1, 0.15) is 42.3 Å². The van der Waals surface area contributed by atoms with Crippen molar-refractivity contribution >= 4 is 74.8 Å². The normalized spacial score (nSPS) is 26.3. The first-order valence-corrected chi connectivity index (χ1v) is 25.1. The van der Waals surface area contributed by atoms with E-state index in [0.29, 0.717) is 32.1 Å². The SMILES string of the molecule is CC[C@H](C)[C@@H]1NC(=O)[C@@H](Cc2ccccc2)NC(=O)CC2(CCCCC2)SSC[C@@H](C(=O)N2CCC[C@H]2C(=O)N[C@@H](CCCN)C(=O)O)NC(=O)[C@H](CC(N)=O)NC(=O)[C@H]([C@@H](C)O)NC1=O. The van der Waals surface area contributed by atoms with Crippen LogP contribution in [0.1, 0.15) is 103 Å². The van der Waals surface area contributed by atoms with Crippen LogP contribution in [-0.4, -0.2) is 140 Å². The molecule has 9 atom stereocenters. The largest absolute Gasteiger partial charge is 0.480 e.